The van der Waals surface area contributed by atoms with Crippen LogP contribution in [-0.4, -0.2) is 0 Å². The Morgan fingerprint density at radius 3 is 1.72 bits per heavy atom. The molecule has 39 heavy (non-hydrogen) atoms. The first-order chi connectivity index (χ1) is 19.2. The summed E-state index contributed by atoms with van der Waals surface area (Å²) in [5, 5.41) is 27.7. The third-order valence-corrected chi connectivity index (χ3v) is 8.28. The van der Waals surface area contributed by atoms with E-state index in [1.54, 1.807) is 29.5 Å². The van der Waals surface area contributed by atoms with Crippen LogP contribution in [0.5, 0.6) is 0 Å². The zero-order valence-electron chi connectivity index (χ0n) is 20.7. The van der Waals surface area contributed by atoms with Gasteiger partial charge in [-0.15, -0.1) is 22.7 Å². The van der Waals surface area contributed by atoms with E-state index in [-0.39, 0.29) is 11.1 Å². The molecule has 0 saturated heterocycles. The third kappa shape index (κ3) is 5.72. The van der Waals surface area contributed by atoms with E-state index in [2.05, 4.69) is 71.6 Å². The zero-order valence-corrected chi connectivity index (χ0v) is 22.3. The summed E-state index contributed by atoms with van der Waals surface area (Å²) in [7, 11) is 0. The van der Waals surface area contributed by atoms with Crippen LogP contribution in [0.4, 0.5) is 17.1 Å². The molecule has 0 amide bonds. The van der Waals surface area contributed by atoms with Gasteiger partial charge in [0.05, 0.1) is 5.57 Å². The molecule has 6 heteroatoms. The van der Waals surface area contributed by atoms with Gasteiger partial charge in [-0.3, -0.25) is 0 Å². The van der Waals surface area contributed by atoms with Crippen molar-refractivity contribution in [2.75, 3.05) is 4.90 Å². The monoisotopic (exact) mass is 536 g/mol. The van der Waals surface area contributed by atoms with Gasteiger partial charge in [0.15, 0.2) is 0 Å². The van der Waals surface area contributed by atoms with E-state index < -0.39 is 0 Å². The van der Waals surface area contributed by atoms with E-state index in [1.807, 2.05) is 54.6 Å². The number of hydrogen-bond acceptors (Lipinski definition) is 6. The smallest absolute Gasteiger partial charge is 0.148 e. The lowest BCUT2D eigenvalue weighted by molar-refractivity contribution is 1.28. The lowest BCUT2D eigenvalue weighted by atomic mass is 10.1. The van der Waals surface area contributed by atoms with Crippen molar-refractivity contribution >= 4 is 57.5 Å². The average molecular weight is 537 g/mol. The first-order valence-corrected chi connectivity index (χ1v) is 13.7. The minimum atomic E-state index is -0.164. The lowest BCUT2D eigenvalue weighted by Crippen LogP contribution is -2.09. The highest BCUT2D eigenvalue weighted by Crippen LogP contribution is 2.37. The zero-order chi connectivity index (χ0) is 27.0. The van der Waals surface area contributed by atoms with Crippen molar-refractivity contribution in [3.05, 3.63) is 130 Å². The molecule has 0 atom stereocenters. The van der Waals surface area contributed by atoms with Crippen LogP contribution in [0, 0.1) is 34.0 Å². The van der Waals surface area contributed by atoms with Gasteiger partial charge in [0.1, 0.15) is 23.8 Å². The second-order valence-corrected chi connectivity index (χ2v) is 10.6. The molecular formula is C33H20N4S2. The Labute approximate surface area is 235 Å². The Kier molecular flexibility index (Phi) is 7.77. The van der Waals surface area contributed by atoms with Crippen LogP contribution in [0.3, 0.4) is 0 Å². The fourth-order valence-electron chi connectivity index (χ4n) is 4.06. The van der Waals surface area contributed by atoms with Crippen LogP contribution in [0.2, 0.25) is 0 Å². The van der Waals surface area contributed by atoms with Crippen LogP contribution in [-0.2, 0) is 0 Å². The van der Waals surface area contributed by atoms with Crippen LogP contribution >= 0.6 is 22.7 Å². The molecule has 2 heterocycles. The van der Waals surface area contributed by atoms with E-state index in [4.69, 9.17) is 10.5 Å². The molecule has 0 radical (unpaired) electrons. The highest BCUT2D eigenvalue weighted by atomic mass is 32.1. The van der Waals surface area contributed by atoms with Gasteiger partial charge >= 0.3 is 0 Å². The molecule has 0 unspecified atom stereocenters. The normalized spacial score (nSPS) is 10.4. The quantitative estimate of drug-likeness (QED) is 0.194. The standard InChI is InChI=1S/C33H20N4S2/c34-21-25(22-35)30(23-36)31-19-20-33(39-31)32-18-17-29(38-32)16-13-24-11-14-28(15-12-24)37(26-7-3-1-4-8-26)27-9-5-2-6-10-27/h1-20H/b16-13+. The van der Waals surface area contributed by atoms with Crippen LogP contribution in [0.25, 0.3) is 27.5 Å². The van der Waals surface area contributed by atoms with E-state index in [0.717, 1.165) is 37.3 Å². The maximum atomic E-state index is 9.43. The van der Waals surface area contributed by atoms with Gasteiger partial charge in [0.25, 0.3) is 0 Å². The fraction of sp³-hybridized carbons (Fsp3) is 0. The molecule has 3 aromatic carbocycles. The summed E-state index contributed by atoms with van der Waals surface area (Å²) >= 11 is 3.05. The molecule has 184 valence electrons. The number of hydrogen-bond donors (Lipinski definition) is 0. The fourth-order valence-corrected chi connectivity index (χ4v) is 6.07. The summed E-state index contributed by atoms with van der Waals surface area (Å²) in [5.41, 5.74) is 4.33. The number of benzene rings is 3. The number of anilines is 3. The van der Waals surface area contributed by atoms with Crippen molar-refractivity contribution < 1.29 is 0 Å². The van der Waals surface area contributed by atoms with E-state index in [1.165, 1.54) is 11.3 Å². The van der Waals surface area contributed by atoms with Crippen molar-refractivity contribution in [2.24, 2.45) is 0 Å². The lowest BCUT2D eigenvalue weighted by Gasteiger charge is -2.25. The number of thiophene rings is 2. The first-order valence-electron chi connectivity index (χ1n) is 12.0. The predicted molar refractivity (Wildman–Crippen MR) is 161 cm³/mol. The van der Waals surface area contributed by atoms with E-state index in [9.17, 15) is 5.26 Å². The molecular weight excluding hydrogens is 517 g/mol. The van der Waals surface area contributed by atoms with Gasteiger partial charge in [0, 0.05) is 36.6 Å². The summed E-state index contributed by atoms with van der Waals surface area (Å²) < 4.78 is 0. The number of rotatable bonds is 7. The molecule has 0 saturated carbocycles. The number of para-hydroxylation sites is 2. The van der Waals surface area contributed by atoms with Crippen molar-refractivity contribution in [1.29, 1.82) is 15.8 Å². The largest absolute Gasteiger partial charge is 0.311 e. The Morgan fingerprint density at radius 2 is 1.13 bits per heavy atom. The molecule has 0 N–H and O–H groups in total. The van der Waals surface area contributed by atoms with E-state index >= 15 is 0 Å². The second-order valence-electron chi connectivity index (χ2n) is 8.38. The van der Waals surface area contributed by atoms with Gasteiger partial charge < -0.3 is 4.90 Å². The van der Waals surface area contributed by atoms with Crippen LogP contribution in [0.1, 0.15) is 15.3 Å². The molecule has 5 rings (SSSR count). The third-order valence-electron chi connectivity index (χ3n) is 5.93. The highest BCUT2D eigenvalue weighted by Gasteiger charge is 2.14. The Morgan fingerprint density at radius 1 is 0.564 bits per heavy atom. The topological polar surface area (TPSA) is 74.6 Å². The molecule has 0 aliphatic rings. The SMILES string of the molecule is N#CC(C#N)=C(C#N)c1ccc(-c2ccc(/C=C/c3ccc(N(c4ccccc4)c4ccccc4)cc3)s2)s1. The maximum absolute atomic E-state index is 9.43. The number of allylic oxidation sites excluding steroid dienone is 2. The number of nitrogens with zero attached hydrogens (tertiary/aromatic N) is 4. The molecule has 0 aliphatic carbocycles. The minimum Gasteiger partial charge on any atom is -0.311 e. The summed E-state index contributed by atoms with van der Waals surface area (Å²) in [5.74, 6) is 0. The van der Waals surface area contributed by atoms with Crippen molar-refractivity contribution in [2.45, 2.75) is 0 Å². The van der Waals surface area contributed by atoms with E-state index in [0.29, 0.717) is 4.88 Å². The Hall–Kier alpha value is -5.19. The molecule has 4 nitrogen and oxygen atoms in total. The van der Waals surface area contributed by atoms with Crippen molar-refractivity contribution in [3.8, 4) is 28.0 Å². The average Bonchev–Trinajstić information content (AvgIpc) is 3.67. The van der Waals surface area contributed by atoms with Gasteiger partial charge in [-0.25, -0.2) is 0 Å². The van der Waals surface area contributed by atoms with Gasteiger partial charge in [-0.2, -0.15) is 15.8 Å². The molecule has 5 aromatic rings. The van der Waals surface area contributed by atoms with Gasteiger partial charge in [0.2, 0.25) is 0 Å². The van der Waals surface area contributed by atoms with Crippen molar-refractivity contribution in [3.63, 3.8) is 0 Å². The molecule has 0 aliphatic heterocycles. The van der Waals surface area contributed by atoms with Crippen LogP contribution in [0.15, 0.2) is 115 Å². The van der Waals surface area contributed by atoms with Crippen LogP contribution < -0.4 is 4.90 Å². The van der Waals surface area contributed by atoms with Gasteiger partial charge in [-0.05, 0) is 72.3 Å². The highest BCUT2D eigenvalue weighted by molar-refractivity contribution is 7.23. The maximum Gasteiger partial charge on any atom is 0.148 e. The molecule has 0 spiro atoms. The predicted octanol–water partition coefficient (Wildman–Crippen LogP) is 9.44. The summed E-state index contributed by atoms with van der Waals surface area (Å²) in [6, 6.07) is 42.6. The first kappa shape index (κ1) is 25.5. The Balaban J connectivity index is 1.34. The summed E-state index contributed by atoms with van der Waals surface area (Å²) in [6.45, 7) is 0. The summed E-state index contributed by atoms with van der Waals surface area (Å²) in [4.78, 5) is 6.01. The molecule has 0 bridgehead atoms. The van der Waals surface area contributed by atoms with Gasteiger partial charge in [-0.1, -0.05) is 54.6 Å². The summed E-state index contributed by atoms with van der Waals surface area (Å²) in [6.07, 6.45) is 4.19. The van der Waals surface area contributed by atoms with Crippen molar-refractivity contribution in [1.82, 2.24) is 0 Å². The molecule has 2 aromatic heterocycles. The number of nitriles is 3. The molecule has 0 fully saturated rings. The Bertz CT molecular complexity index is 1720. The minimum absolute atomic E-state index is 0.120. The second kappa shape index (κ2) is 11.9.